The predicted octanol–water partition coefficient (Wildman–Crippen LogP) is 4.32. The van der Waals surface area contributed by atoms with Gasteiger partial charge in [-0.1, -0.05) is 37.6 Å². The lowest BCUT2D eigenvalue weighted by Crippen LogP contribution is -2.34. The van der Waals surface area contributed by atoms with Crippen LogP contribution in [-0.4, -0.2) is 5.91 Å². The van der Waals surface area contributed by atoms with Crippen molar-refractivity contribution in [3.8, 4) is 6.07 Å². The van der Waals surface area contributed by atoms with E-state index in [-0.39, 0.29) is 17.7 Å². The normalized spacial score (nSPS) is 24.3. The molecule has 1 N–H and O–H groups in total. The fourth-order valence-electron chi connectivity index (χ4n) is 3.29. The van der Waals surface area contributed by atoms with Crippen molar-refractivity contribution in [3.05, 3.63) is 42.0 Å². The van der Waals surface area contributed by atoms with Crippen LogP contribution in [0.25, 0.3) is 0 Å². The van der Waals surface area contributed by atoms with Gasteiger partial charge in [-0.25, -0.2) is 0 Å². The van der Waals surface area contributed by atoms with Crippen LogP contribution in [0.2, 0.25) is 0 Å². The zero-order valence-electron chi connectivity index (χ0n) is 13.4. The number of hydrogen-bond donors (Lipinski definition) is 1. The smallest absolute Gasteiger partial charge is 0.228 e. The Morgan fingerprint density at radius 1 is 1.32 bits per heavy atom. The molecule has 1 aromatic carbocycles. The molecule has 0 heterocycles. The fourth-order valence-corrected chi connectivity index (χ4v) is 3.29. The number of allylic oxidation sites excluding steroid dienone is 1. The van der Waals surface area contributed by atoms with Crippen LogP contribution in [0.4, 0.5) is 5.69 Å². The molecule has 0 saturated heterocycles. The van der Waals surface area contributed by atoms with Crippen molar-refractivity contribution >= 4 is 11.6 Å². The van der Waals surface area contributed by atoms with E-state index >= 15 is 0 Å². The van der Waals surface area contributed by atoms with Crippen LogP contribution < -0.4 is 5.32 Å². The highest BCUT2D eigenvalue weighted by Gasteiger charge is 2.34. The molecule has 0 aromatic heterocycles. The van der Waals surface area contributed by atoms with E-state index in [9.17, 15) is 4.79 Å². The molecular weight excluding hydrogens is 272 g/mol. The van der Waals surface area contributed by atoms with Crippen LogP contribution in [0.1, 0.15) is 38.7 Å². The average molecular weight is 296 g/mol. The standard InChI is InChI=1S/C19H24N2O/c1-13(2)17-9-4-14(3)12-18(17)19(22)21-16-7-5-15(6-8-16)10-11-20/h5-8,14,17-18H,1,4,9-10,12H2,2-3H3,(H,21,22)/t14-,17+,18-/m1/s1. The summed E-state index contributed by atoms with van der Waals surface area (Å²) in [6, 6.07) is 9.63. The Bertz CT molecular complexity index is 582. The van der Waals surface area contributed by atoms with E-state index in [0.717, 1.165) is 29.7 Å². The number of benzene rings is 1. The highest BCUT2D eigenvalue weighted by atomic mass is 16.1. The molecule has 1 aliphatic rings. The zero-order valence-corrected chi connectivity index (χ0v) is 13.4. The molecule has 3 heteroatoms. The number of amides is 1. The summed E-state index contributed by atoms with van der Waals surface area (Å²) in [4.78, 5) is 12.6. The minimum absolute atomic E-state index is 0.0139. The lowest BCUT2D eigenvalue weighted by Gasteiger charge is -2.34. The van der Waals surface area contributed by atoms with Gasteiger partial charge in [0.05, 0.1) is 12.5 Å². The van der Waals surface area contributed by atoms with Crippen molar-refractivity contribution in [1.29, 1.82) is 5.26 Å². The van der Waals surface area contributed by atoms with Crippen LogP contribution in [0.15, 0.2) is 36.4 Å². The second-order valence-electron chi connectivity index (χ2n) is 6.50. The first-order valence-electron chi connectivity index (χ1n) is 7.93. The zero-order chi connectivity index (χ0) is 16.1. The van der Waals surface area contributed by atoms with Gasteiger partial charge in [-0.2, -0.15) is 5.26 Å². The summed E-state index contributed by atoms with van der Waals surface area (Å²) in [7, 11) is 0. The minimum atomic E-state index is 0.0139. The first-order chi connectivity index (χ1) is 10.5. The van der Waals surface area contributed by atoms with Crippen LogP contribution in [-0.2, 0) is 11.2 Å². The maximum Gasteiger partial charge on any atom is 0.228 e. The Labute approximate surface area is 133 Å². The van der Waals surface area contributed by atoms with E-state index in [0.29, 0.717) is 12.3 Å². The average Bonchev–Trinajstić information content (AvgIpc) is 2.49. The van der Waals surface area contributed by atoms with Gasteiger partial charge in [0, 0.05) is 11.6 Å². The Morgan fingerprint density at radius 2 is 2.00 bits per heavy atom. The molecular formula is C19H24N2O. The van der Waals surface area contributed by atoms with Gasteiger partial charge in [-0.3, -0.25) is 4.79 Å². The minimum Gasteiger partial charge on any atom is -0.326 e. The highest BCUT2D eigenvalue weighted by molar-refractivity contribution is 5.93. The molecule has 0 aliphatic heterocycles. The van der Waals surface area contributed by atoms with Gasteiger partial charge < -0.3 is 5.32 Å². The van der Waals surface area contributed by atoms with Crippen LogP contribution in [0, 0.1) is 29.1 Å². The summed E-state index contributed by atoms with van der Waals surface area (Å²) >= 11 is 0. The van der Waals surface area contributed by atoms with E-state index in [1.54, 1.807) is 0 Å². The molecule has 1 amide bonds. The topological polar surface area (TPSA) is 52.9 Å². The van der Waals surface area contributed by atoms with Crippen molar-refractivity contribution in [2.45, 2.75) is 39.5 Å². The molecule has 3 nitrogen and oxygen atoms in total. The van der Waals surface area contributed by atoms with Crippen LogP contribution >= 0.6 is 0 Å². The van der Waals surface area contributed by atoms with Gasteiger partial charge in [-0.05, 0) is 49.3 Å². The lowest BCUT2D eigenvalue weighted by atomic mass is 9.71. The Balaban J connectivity index is 2.06. The summed E-state index contributed by atoms with van der Waals surface area (Å²) in [6.45, 7) is 8.30. The first-order valence-corrected chi connectivity index (χ1v) is 7.93. The van der Waals surface area contributed by atoms with Crippen LogP contribution in [0.5, 0.6) is 0 Å². The monoisotopic (exact) mass is 296 g/mol. The Morgan fingerprint density at radius 3 is 2.59 bits per heavy atom. The summed E-state index contributed by atoms with van der Waals surface area (Å²) in [5.74, 6) is 0.978. The number of rotatable bonds is 4. The second kappa shape index (κ2) is 7.26. The number of anilines is 1. The predicted molar refractivity (Wildman–Crippen MR) is 89.2 cm³/mol. The molecule has 0 spiro atoms. The van der Waals surface area contributed by atoms with Crippen molar-refractivity contribution in [3.63, 3.8) is 0 Å². The third kappa shape index (κ3) is 3.98. The van der Waals surface area contributed by atoms with E-state index in [2.05, 4.69) is 24.9 Å². The molecule has 2 rings (SSSR count). The summed E-state index contributed by atoms with van der Waals surface area (Å²) in [6.07, 6.45) is 3.54. The molecule has 3 atom stereocenters. The number of nitriles is 1. The van der Waals surface area contributed by atoms with E-state index < -0.39 is 0 Å². The molecule has 1 saturated carbocycles. The van der Waals surface area contributed by atoms with Crippen molar-refractivity contribution < 1.29 is 4.79 Å². The van der Waals surface area contributed by atoms with Crippen LogP contribution in [0.3, 0.4) is 0 Å². The molecule has 0 unspecified atom stereocenters. The van der Waals surface area contributed by atoms with Gasteiger partial charge in [0.25, 0.3) is 0 Å². The molecule has 22 heavy (non-hydrogen) atoms. The van der Waals surface area contributed by atoms with E-state index in [4.69, 9.17) is 5.26 Å². The SMILES string of the molecule is C=C(C)[C@@H]1CC[C@@H](C)C[C@H]1C(=O)Nc1ccc(CC#N)cc1. The maximum atomic E-state index is 12.6. The van der Waals surface area contributed by atoms with Gasteiger partial charge >= 0.3 is 0 Å². The lowest BCUT2D eigenvalue weighted by molar-refractivity contribution is -0.122. The summed E-state index contributed by atoms with van der Waals surface area (Å²) in [5.41, 5.74) is 2.87. The van der Waals surface area contributed by atoms with E-state index in [1.165, 1.54) is 6.42 Å². The molecule has 1 aromatic rings. The third-order valence-corrected chi connectivity index (χ3v) is 4.59. The first kappa shape index (κ1) is 16.3. The number of hydrogen-bond acceptors (Lipinski definition) is 2. The maximum absolute atomic E-state index is 12.6. The van der Waals surface area contributed by atoms with Crippen molar-refractivity contribution in [1.82, 2.24) is 0 Å². The van der Waals surface area contributed by atoms with Gasteiger partial charge in [0.15, 0.2) is 0 Å². The molecule has 116 valence electrons. The summed E-state index contributed by atoms with van der Waals surface area (Å²) in [5, 5.41) is 11.7. The van der Waals surface area contributed by atoms with Gasteiger partial charge in [0.1, 0.15) is 0 Å². The highest BCUT2D eigenvalue weighted by Crippen LogP contribution is 2.37. The molecule has 0 radical (unpaired) electrons. The van der Waals surface area contributed by atoms with Crippen molar-refractivity contribution in [2.24, 2.45) is 17.8 Å². The quantitative estimate of drug-likeness (QED) is 0.841. The Hall–Kier alpha value is -2.08. The molecule has 0 bridgehead atoms. The van der Waals surface area contributed by atoms with E-state index in [1.807, 2.05) is 31.2 Å². The van der Waals surface area contributed by atoms with Gasteiger partial charge in [-0.15, -0.1) is 0 Å². The third-order valence-electron chi connectivity index (χ3n) is 4.59. The molecule has 1 fully saturated rings. The Kier molecular flexibility index (Phi) is 5.38. The number of nitrogens with one attached hydrogen (secondary N) is 1. The second-order valence-corrected chi connectivity index (χ2v) is 6.50. The van der Waals surface area contributed by atoms with Crippen molar-refractivity contribution in [2.75, 3.05) is 5.32 Å². The largest absolute Gasteiger partial charge is 0.326 e. The fraction of sp³-hybridized carbons (Fsp3) is 0.474. The summed E-state index contributed by atoms with van der Waals surface area (Å²) < 4.78 is 0. The van der Waals surface area contributed by atoms with Gasteiger partial charge in [0.2, 0.25) is 5.91 Å². The number of carbonyl (C=O) groups is 1. The number of carbonyl (C=O) groups excluding carboxylic acids is 1. The molecule has 1 aliphatic carbocycles. The number of nitrogens with zero attached hydrogens (tertiary/aromatic N) is 1.